The molecule has 0 N–H and O–H groups in total. The molecule has 0 spiro atoms. The van der Waals surface area contributed by atoms with Crippen LogP contribution < -0.4 is 0 Å². The molecular weight excluding hydrogens is 200 g/mol. The van der Waals surface area contributed by atoms with Gasteiger partial charge in [0.05, 0.1) is 6.61 Å². The zero-order valence-electron chi connectivity index (χ0n) is 10.7. The van der Waals surface area contributed by atoms with Crippen LogP contribution in [-0.4, -0.2) is 62.3 Å². The van der Waals surface area contributed by atoms with E-state index >= 15 is 0 Å². The molecule has 1 saturated carbocycles. The van der Waals surface area contributed by atoms with Gasteiger partial charge in [-0.2, -0.15) is 0 Å². The van der Waals surface area contributed by atoms with E-state index in [2.05, 4.69) is 9.80 Å². The second-order valence-electron chi connectivity index (χ2n) is 5.16. The first-order chi connectivity index (χ1) is 7.90. The molecular formula is C13H26N2O. The molecule has 0 unspecified atom stereocenters. The number of rotatable bonds is 4. The van der Waals surface area contributed by atoms with Crippen LogP contribution in [-0.2, 0) is 4.74 Å². The minimum atomic E-state index is 0.878. The molecule has 0 amide bonds. The van der Waals surface area contributed by atoms with E-state index < -0.39 is 0 Å². The average molecular weight is 226 g/mol. The third-order valence-electron chi connectivity index (χ3n) is 4.11. The Labute approximate surface area is 99.7 Å². The summed E-state index contributed by atoms with van der Waals surface area (Å²) in [5.74, 6) is 0. The molecule has 3 heteroatoms. The van der Waals surface area contributed by atoms with Crippen molar-refractivity contribution < 1.29 is 4.74 Å². The lowest BCUT2D eigenvalue weighted by Gasteiger charge is -2.40. The zero-order valence-corrected chi connectivity index (χ0v) is 10.7. The highest BCUT2D eigenvalue weighted by Gasteiger charge is 2.24. The van der Waals surface area contributed by atoms with Crippen LogP contribution in [0.25, 0.3) is 0 Å². The van der Waals surface area contributed by atoms with Gasteiger partial charge in [-0.15, -0.1) is 0 Å². The van der Waals surface area contributed by atoms with E-state index in [1.807, 2.05) is 0 Å². The maximum Gasteiger partial charge on any atom is 0.0589 e. The molecule has 1 aliphatic heterocycles. The van der Waals surface area contributed by atoms with Crippen LogP contribution >= 0.6 is 0 Å². The lowest BCUT2D eigenvalue weighted by molar-refractivity contribution is 0.0630. The summed E-state index contributed by atoms with van der Waals surface area (Å²) < 4.78 is 5.13. The summed E-state index contributed by atoms with van der Waals surface area (Å²) in [5, 5.41) is 0. The van der Waals surface area contributed by atoms with Crippen LogP contribution in [0.4, 0.5) is 0 Å². The summed E-state index contributed by atoms with van der Waals surface area (Å²) >= 11 is 0. The van der Waals surface area contributed by atoms with Gasteiger partial charge in [0.1, 0.15) is 0 Å². The van der Waals surface area contributed by atoms with Gasteiger partial charge >= 0.3 is 0 Å². The molecule has 1 aliphatic carbocycles. The Kier molecular flexibility index (Phi) is 5.07. The number of methoxy groups -OCH3 is 1. The second kappa shape index (κ2) is 6.58. The predicted molar refractivity (Wildman–Crippen MR) is 66.8 cm³/mol. The third-order valence-corrected chi connectivity index (χ3v) is 4.11. The summed E-state index contributed by atoms with van der Waals surface area (Å²) in [4.78, 5) is 5.26. The zero-order chi connectivity index (χ0) is 11.2. The maximum absolute atomic E-state index is 5.13. The Balaban J connectivity index is 1.67. The molecule has 0 aromatic heterocycles. The normalized spacial score (nSPS) is 26.1. The topological polar surface area (TPSA) is 15.7 Å². The molecule has 16 heavy (non-hydrogen) atoms. The SMILES string of the molecule is COCCN1CCN(C2CCCCC2)CC1. The summed E-state index contributed by atoms with van der Waals surface area (Å²) in [6, 6.07) is 0.901. The number of hydrogen-bond acceptors (Lipinski definition) is 3. The molecule has 2 rings (SSSR count). The first kappa shape index (κ1) is 12.3. The lowest BCUT2D eigenvalue weighted by Crippen LogP contribution is -2.51. The minimum absolute atomic E-state index is 0.878. The second-order valence-corrected chi connectivity index (χ2v) is 5.16. The van der Waals surface area contributed by atoms with Crippen molar-refractivity contribution in [2.45, 2.75) is 38.1 Å². The first-order valence-electron chi connectivity index (χ1n) is 6.85. The van der Waals surface area contributed by atoms with E-state index in [1.54, 1.807) is 7.11 Å². The highest BCUT2D eigenvalue weighted by molar-refractivity contribution is 4.80. The predicted octanol–water partition coefficient (Wildman–Crippen LogP) is 1.58. The molecule has 0 atom stereocenters. The smallest absolute Gasteiger partial charge is 0.0589 e. The van der Waals surface area contributed by atoms with Crippen LogP contribution in [0.5, 0.6) is 0 Å². The Bertz CT molecular complexity index is 184. The van der Waals surface area contributed by atoms with E-state index in [9.17, 15) is 0 Å². The monoisotopic (exact) mass is 226 g/mol. The molecule has 1 heterocycles. The van der Waals surface area contributed by atoms with Crippen molar-refractivity contribution in [1.82, 2.24) is 9.80 Å². The standard InChI is InChI=1S/C13H26N2O/c1-16-12-11-14-7-9-15(10-8-14)13-5-3-2-4-6-13/h13H,2-12H2,1H3. The molecule has 0 bridgehead atoms. The van der Waals surface area contributed by atoms with Crippen LogP contribution in [0.15, 0.2) is 0 Å². The van der Waals surface area contributed by atoms with Crippen LogP contribution in [0, 0.1) is 0 Å². The highest BCUT2D eigenvalue weighted by Crippen LogP contribution is 2.23. The fourth-order valence-corrected chi connectivity index (χ4v) is 3.02. The van der Waals surface area contributed by atoms with Crippen molar-refractivity contribution in [2.24, 2.45) is 0 Å². The molecule has 2 aliphatic rings. The summed E-state index contributed by atoms with van der Waals surface area (Å²) in [6.07, 6.45) is 7.25. The molecule has 0 radical (unpaired) electrons. The average Bonchev–Trinajstić information content (AvgIpc) is 2.38. The highest BCUT2D eigenvalue weighted by atomic mass is 16.5. The van der Waals surface area contributed by atoms with Crippen molar-refractivity contribution in [1.29, 1.82) is 0 Å². The van der Waals surface area contributed by atoms with Crippen LogP contribution in [0.1, 0.15) is 32.1 Å². The number of piperazine rings is 1. The summed E-state index contributed by atoms with van der Waals surface area (Å²) in [5.41, 5.74) is 0. The van der Waals surface area contributed by atoms with Crippen LogP contribution in [0.2, 0.25) is 0 Å². The number of ether oxygens (including phenoxy) is 1. The Morgan fingerprint density at radius 2 is 1.69 bits per heavy atom. The molecule has 2 fully saturated rings. The summed E-state index contributed by atoms with van der Waals surface area (Å²) in [6.45, 7) is 7.00. The quantitative estimate of drug-likeness (QED) is 0.724. The lowest BCUT2D eigenvalue weighted by atomic mass is 9.94. The van der Waals surface area contributed by atoms with E-state index in [4.69, 9.17) is 4.74 Å². The Morgan fingerprint density at radius 1 is 1.00 bits per heavy atom. The van der Waals surface area contributed by atoms with Gasteiger partial charge in [0.25, 0.3) is 0 Å². The van der Waals surface area contributed by atoms with Gasteiger partial charge in [-0.1, -0.05) is 19.3 Å². The van der Waals surface area contributed by atoms with Crippen molar-refractivity contribution in [3.8, 4) is 0 Å². The first-order valence-corrected chi connectivity index (χ1v) is 6.85. The maximum atomic E-state index is 5.13. The number of nitrogens with zero attached hydrogens (tertiary/aromatic N) is 2. The van der Waals surface area contributed by atoms with Gasteiger partial charge in [0, 0.05) is 45.9 Å². The van der Waals surface area contributed by atoms with Gasteiger partial charge in [-0.25, -0.2) is 0 Å². The molecule has 0 aromatic rings. The fourth-order valence-electron chi connectivity index (χ4n) is 3.02. The largest absolute Gasteiger partial charge is 0.383 e. The third kappa shape index (κ3) is 3.44. The summed E-state index contributed by atoms with van der Waals surface area (Å²) in [7, 11) is 1.79. The van der Waals surface area contributed by atoms with Crippen LogP contribution in [0.3, 0.4) is 0 Å². The van der Waals surface area contributed by atoms with Gasteiger partial charge in [-0.05, 0) is 12.8 Å². The minimum Gasteiger partial charge on any atom is -0.383 e. The van der Waals surface area contributed by atoms with Gasteiger partial charge < -0.3 is 4.74 Å². The molecule has 1 saturated heterocycles. The van der Waals surface area contributed by atoms with E-state index in [-0.39, 0.29) is 0 Å². The van der Waals surface area contributed by atoms with E-state index in [1.165, 1.54) is 58.3 Å². The van der Waals surface area contributed by atoms with E-state index in [0.717, 1.165) is 19.2 Å². The van der Waals surface area contributed by atoms with Gasteiger partial charge in [0.15, 0.2) is 0 Å². The Morgan fingerprint density at radius 3 is 2.31 bits per heavy atom. The molecule has 3 nitrogen and oxygen atoms in total. The van der Waals surface area contributed by atoms with Crippen molar-refractivity contribution in [3.05, 3.63) is 0 Å². The van der Waals surface area contributed by atoms with Gasteiger partial charge in [-0.3, -0.25) is 9.80 Å². The number of hydrogen-bond donors (Lipinski definition) is 0. The van der Waals surface area contributed by atoms with Crippen molar-refractivity contribution in [2.75, 3.05) is 46.4 Å². The van der Waals surface area contributed by atoms with Gasteiger partial charge in [0.2, 0.25) is 0 Å². The molecule has 94 valence electrons. The molecule has 0 aromatic carbocycles. The fraction of sp³-hybridized carbons (Fsp3) is 1.00. The Hall–Kier alpha value is -0.120. The van der Waals surface area contributed by atoms with Crippen molar-refractivity contribution in [3.63, 3.8) is 0 Å². The van der Waals surface area contributed by atoms with Crippen molar-refractivity contribution >= 4 is 0 Å². The van der Waals surface area contributed by atoms with E-state index in [0.29, 0.717) is 0 Å².